The molecule has 0 amide bonds. The van der Waals surface area contributed by atoms with E-state index in [2.05, 4.69) is 64.3 Å². The van der Waals surface area contributed by atoms with E-state index in [0.29, 0.717) is 12.5 Å². The molecule has 0 saturated carbocycles. The second-order valence-corrected chi connectivity index (χ2v) is 6.39. The third-order valence-electron chi connectivity index (χ3n) is 3.08. The third-order valence-corrected chi connectivity index (χ3v) is 3.08. The zero-order chi connectivity index (χ0) is 14.5. The van der Waals surface area contributed by atoms with E-state index >= 15 is 0 Å². The van der Waals surface area contributed by atoms with E-state index in [0.717, 1.165) is 6.42 Å². The average molecular weight is 264 g/mol. The van der Waals surface area contributed by atoms with Crippen LogP contribution in [-0.4, -0.2) is 18.2 Å². The summed E-state index contributed by atoms with van der Waals surface area (Å²) in [6, 6.07) is 8.88. The van der Waals surface area contributed by atoms with Gasteiger partial charge in [-0.25, -0.2) is 0 Å². The summed E-state index contributed by atoms with van der Waals surface area (Å²) in [5, 5.41) is 0. The highest BCUT2D eigenvalue weighted by molar-refractivity contribution is 5.25. The number of nitrogens with one attached hydrogen (secondary N) is 1. The first-order chi connectivity index (χ1) is 8.81. The molecule has 0 spiro atoms. The number of benzene rings is 1. The highest BCUT2D eigenvalue weighted by Crippen LogP contribution is 2.16. The summed E-state index contributed by atoms with van der Waals surface area (Å²) in [5.74, 6) is 6.17. The lowest BCUT2D eigenvalue weighted by Crippen LogP contribution is -2.42. The average Bonchev–Trinajstić information content (AvgIpc) is 2.34. The zero-order valence-corrected chi connectivity index (χ0v) is 12.9. The Hall–Kier alpha value is -0.900. The van der Waals surface area contributed by atoms with Gasteiger partial charge in [0.25, 0.3) is 0 Å². The number of hydrogen-bond donors (Lipinski definition) is 2. The molecule has 1 atom stereocenters. The molecule has 3 nitrogen and oxygen atoms in total. The first kappa shape index (κ1) is 16.2. The van der Waals surface area contributed by atoms with Gasteiger partial charge in [-0.3, -0.25) is 11.3 Å². The summed E-state index contributed by atoms with van der Waals surface area (Å²) in [4.78, 5) is 0. The Balaban J connectivity index is 2.55. The van der Waals surface area contributed by atoms with Crippen molar-refractivity contribution in [3.63, 3.8) is 0 Å². The molecule has 3 N–H and O–H groups in total. The van der Waals surface area contributed by atoms with Crippen LogP contribution in [0.5, 0.6) is 0 Å². The Morgan fingerprint density at radius 1 is 1.16 bits per heavy atom. The summed E-state index contributed by atoms with van der Waals surface area (Å²) >= 11 is 0. The highest BCUT2D eigenvalue weighted by atomic mass is 16.5. The second kappa shape index (κ2) is 7.04. The number of hydrogen-bond acceptors (Lipinski definition) is 3. The minimum atomic E-state index is -0.128. The number of ether oxygens (including phenoxy) is 1. The Morgan fingerprint density at radius 2 is 1.74 bits per heavy atom. The Labute approximate surface area is 117 Å². The highest BCUT2D eigenvalue weighted by Gasteiger charge is 2.15. The SMILES string of the molecule is CC(C)c1ccc(CC(COC(C)(C)C)NN)cc1. The van der Waals surface area contributed by atoms with Crippen LogP contribution < -0.4 is 11.3 Å². The smallest absolute Gasteiger partial charge is 0.0643 e. The zero-order valence-electron chi connectivity index (χ0n) is 12.9. The molecule has 0 aliphatic rings. The van der Waals surface area contributed by atoms with E-state index in [1.807, 2.05) is 0 Å². The van der Waals surface area contributed by atoms with Gasteiger partial charge >= 0.3 is 0 Å². The van der Waals surface area contributed by atoms with Gasteiger partial charge in [0, 0.05) is 6.04 Å². The van der Waals surface area contributed by atoms with Gasteiger partial charge in [0.1, 0.15) is 0 Å². The standard InChI is InChI=1S/C16H28N2O/c1-12(2)14-8-6-13(7-9-14)10-15(18-17)11-19-16(3,4)5/h6-9,12,15,18H,10-11,17H2,1-5H3. The lowest BCUT2D eigenvalue weighted by Gasteiger charge is -2.24. The molecule has 0 aliphatic heterocycles. The fourth-order valence-corrected chi connectivity index (χ4v) is 1.84. The fourth-order valence-electron chi connectivity index (χ4n) is 1.84. The normalized spacial score (nSPS) is 13.8. The first-order valence-electron chi connectivity index (χ1n) is 7.00. The van der Waals surface area contributed by atoms with Crippen molar-refractivity contribution in [2.75, 3.05) is 6.61 Å². The van der Waals surface area contributed by atoms with Crippen LogP contribution in [0, 0.1) is 0 Å². The van der Waals surface area contributed by atoms with E-state index in [1.54, 1.807) is 0 Å². The molecule has 0 aliphatic carbocycles. The van der Waals surface area contributed by atoms with Gasteiger partial charge in [-0.1, -0.05) is 38.1 Å². The van der Waals surface area contributed by atoms with Crippen molar-refractivity contribution in [3.8, 4) is 0 Å². The predicted molar refractivity (Wildman–Crippen MR) is 81.1 cm³/mol. The van der Waals surface area contributed by atoms with Crippen LogP contribution >= 0.6 is 0 Å². The molecule has 0 heterocycles. The molecule has 0 saturated heterocycles. The molecule has 3 heteroatoms. The van der Waals surface area contributed by atoms with Gasteiger partial charge in [-0.2, -0.15) is 0 Å². The lowest BCUT2D eigenvalue weighted by atomic mass is 9.99. The molecule has 1 unspecified atom stereocenters. The van der Waals surface area contributed by atoms with Crippen molar-refractivity contribution in [2.24, 2.45) is 5.84 Å². The van der Waals surface area contributed by atoms with E-state index in [-0.39, 0.29) is 11.6 Å². The van der Waals surface area contributed by atoms with Crippen LogP contribution in [-0.2, 0) is 11.2 Å². The topological polar surface area (TPSA) is 47.3 Å². The predicted octanol–water partition coefficient (Wildman–Crippen LogP) is 3.00. The number of nitrogens with two attached hydrogens (primary N) is 1. The Kier molecular flexibility index (Phi) is 5.98. The molecule has 0 aromatic heterocycles. The van der Waals surface area contributed by atoms with Crippen LogP contribution in [0.25, 0.3) is 0 Å². The van der Waals surface area contributed by atoms with Crippen LogP contribution in [0.15, 0.2) is 24.3 Å². The van der Waals surface area contributed by atoms with Crippen molar-refractivity contribution in [1.82, 2.24) is 5.43 Å². The summed E-state index contributed by atoms with van der Waals surface area (Å²) in [6.45, 7) is 11.2. The maximum atomic E-state index is 5.77. The van der Waals surface area contributed by atoms with E-state index in [9.17, 15) is 0 Å². The largest absolute Gasteiger partial charge is 0.374 e. The summed E-state index contributed by atoms with van der Waals surface area (Å²) < 4.78 is 5.77. The quantitative estimate of drug-likeness (QED) is 0.613. The molecule has 1 aromatic rings. The van der Waals surface area contributed by atoms with Crippen molar-refractivity contribution in [2.45, 2.75) is 58.6 Å². The first-order valence-corrected chi connectivity index (χ1v) is 7.00. The van der Waals surface area contributed by atoms with Crippen molar-refractivity contribution in [1.29, 1.82) is 0 Å². The van der Waals surface area contributed by atoms with Crippen molar-refractivity contribution < 1.29 is 4.74 Å². The Bertz CT molecular complexity index is 365. The Morgan fingerprint density at radius 3 is 2.16 bits per heavy atom. The summed E-state index contributed by atoms with van der Waals surface area (Å²) in [5.41, 5.74) is 5.36. The van der Waals surface area contributed by atoms with Gasteiger partial charge < -0.3 is 4.74 Å². The van der Waals surface area contributed by atoms with Gasteiger partial charge in [-0.05, 0) is 44.2 Å². The second-order valence-electron chi connectivity index (χ2n) is 6.39. The van der Waals surface area contributed by atoms with Crippen LogP contribution in [0.1, 0.15) is 51.7 Å². The van der Waals surface area contributed by atoms with E-state index in [1.165, 1.54) is 11.1 Å². The van der Waals surface area contributed by atoms with Crippen molar-refractivity contribution >= 4 is 0 Å². The summed E-state index contributed by atoms with van der Waals surface area (Å²) in [6.07, 6.45) is 0.880. The summed E-state index contributed by atoms with van der Waals surface area (Å²) in [7, 11) is 0. The van der Waals surface area contributed by atoms with Gasteiger partial charge in [-0.15, -0.1) is 0 Å². The minimum absolute atomic E-state index is 0.128. The lowest BCUT2D eigenvalue weighted by molar-refractivity contribution is -0.0143. The van der Waals surface area contributed by atoms with Crippen LogP contribution in [0.3, 0.4) is 0 Å². The van der Waals surface area contributed by atoms with Gasteiger partial charge in [0.2, 0.25) is 0 Å². The van der Waals surface area contributed by atoms with Gasteiger partial charge in [0.05, 0.1) is 12.2 Å². The van der Waals surface area contributed by atoms with Crippen LogP contribution in [0.2, 0.25) is 0 Å². The molecule has 108 valence electrons. The third kappa shape index (κ3) is 6.19. The van der Waals surface area contributed by atoms with E-state index < -0.39 is 0 Å². The number of rotatable bonds is 6. The maximum Gasteiger partial charge on any atom is 0.0643 e. The maximum absolute atomic E-state index is 5.77. The molecular weight excluding hydrogens is 236 g/mol. The minimum Gasteiger partial charge on any atom is -0.374 e. The van der Waals surface area contributed by atoms with Crippen LogP contribution in [0.4, 0.5) is 0 Å². The van der Waals surface area contributed by atoms with Gasteiger partial charge in [0.15, 0.2) is 0 Å². The monoisotopic (exact) mass is 264 g/mol. The number of hydrazine groups is 1. The van der Waals surface area contributed by atoms with E-state index in [4.69, 9.17) is 10.6 Å². The molecule has 1 rings (SSSR count). The molecule has 1 aromatic carbocycles. The van der Waals surface area contributed by atoms with Crippen molar-refractivity contribution in [3.05, 3.63) is 35.4 Å². The molecular formula is C16H28N2O. The molecule has 0 bridgehead atoms. The molecule has 0 radical (unpaired) electrons. The fraction of sp³-hybridized carbons (Fsp3) is 0.625. The molecule has 19 heavy (non-hydrogen) atoms. The molecule has 0 fully saturated rings.